The van der Waals surface area contributed by atoms with Crippen LogP contribution in [0.1, 0.15) is 37.7 Å². The molecule has 0 heterocycles. The largest absolute Gasteiger partial charge is 0.497 e. The number of aliphatic hydroxyl groups excluding tert-OH is 1. The van der Waals surface area contributed by atoms with Crippen molar-refractivity contribution in [2.75, 3.05) is 7.11 Å². The summed E-state index contributed by atoms with van der Waals surface area (Å²) in [4.78, 5) is 0. The summed E-state index contributed by atoms with van der Waals surface area (Å²) in [5.74, 6) is 0.859. The Bertz CT molecular complexity index is 329. The Morgan fingerprint density at radius 2 is 1.94 bits per heavy atom. The highest BCUT2D eigenvalue weighted by molar-refractivity contribution is 5.27. The van der Waals surface area contributed by atoms with Gasteiger partial charge in [-0.3, -0.25) is 0 Å². The van der Waals surface area contributed by atoms with Crippen LogP contribution in [-0.2, 0) is 6.42 Å². The van der Waals surface area contributed by atoms with Crippen molar-refractivity contribution < 1.29 is 9.84 Å². The first-order valence-corrected chi connectivity index (χ1v) is 6.68. The molecular formula is C16H24O2. The molecule has 1 aromatic rings. The average Bonchev–Trinajstić information content (AvgIpc) is 2.39. The number of methoxy groups -OCH3 is 1. The molecule has 0 amide bonds. The molecule has 1 aromatic carbocycles. The van der Waals surface area contributed by atoms with Crippen molar-refractivity contribution >= 4 is 0 Å². The van der Waals surface area contributed by atoms with Gasteiger partial charge in [0.25, 0.3) is 0 Å². The number of hydrogen-bond donors (Lipinski definition) is 1. The molecule has 100 valence electrons. The van der Waals surface area contributed by atoms with Crippen LogP contribution in [-0.4, -0.2) is 18.3 Å². The van der Waals surface area contributed by atoms with Gasteiger partial charge in [-0.2, -0.15) is 0 Å². The molecule has 0 saturated carbocycles. The van der Waals surface area contributed by atoms with E-state index in [0.717, 1.165) is 37.0 Å². The van der Waals surface area contributed by atoms with Crippen LogP contribution in [0.15, 0.2) is 36.9 Å². The lowest BCUT2D eigenvalue weighted by Crippen LogP contribution is -2.10. The number of unbranched alkanes of at least 4 members (excludes halogenated alkanes) is 3. The van der Waals surface area contributed by atoms with Crippen LogP contribution in [0.4, 0.5) is 0 Å². The van der Waals surface area contributed by atoms with E-state index in [4.69, 9.17) is 4.74 Å². The zero-order valence-corrected chi connectivity index (χ0v) is 11.3. The maximum absolute atomic E-state index is 9.93. The molecule has 2 nitrogen and oxygen atoms in total. The van der Waals surface area contributed by atoms with E-state index in [-0.39, 0.29) is 6.10 Å². The Morgan fingerprint density at radius 3 is 2.56 bits per heavy atom. The lowest BCUT2D eigenvalue weighted by atomic mass is 10.0. The van der Waals surface area contributed by atoms with E-state index in [9.17, 15) is 5.11 Å². The summed E-state index contributed by atoms with van der Waals surface area (Å²) < 4.78 is 5.11. The fourth-order valence-electron chi connectivity index (χ4n) is 1.98. The maximum Gasteiger partial charge on any atom is 0.118 e. The third-order valence-electron chi connectivity index (χ3n) is 3.08. The van der Waals surface area contributed by atoms with E-state index in [2.05, 4.69) is 6.58 Å². The van der Waals surface area contributed by atoms with Gasteiger partial charge in [0.1, 0.15) is 5.75 Å². The number of ether oxygens (including phenoxy) is 1. The van der Waals surface area contributed by atoms with Crippen molar-refractivity contribution in [3.63, 3.8) is 0 Å². The SMILES string of the molecule is C=CCCCCCC(O)Cc1ccc(OC)cc1. The summed E-state index contributed by atoms with van der Waals surface area (Å²) in [5.41, 5.74) is 1.16. The molecule has 2 heteroatoms. The Kier molecular flexibility index (Phi) is 7.19. The molecule has 18 heavy (non-hydrogen) atoms. The van der Waals surface area contributed by atoms with Gasteiger partial charge in [0.2, 0.25) is 0 Å². The first-order chi connectivity index (χ1) is 8.76. The number of allylic oxidation sites excluding steroid dienone is 1. The van der Waals surface area contributed by atoms with Gasteiger partial charge in [-0.05, 0) is 43.4 Å². The van der Waals surface area contributed by atoms with Crippen molar-refractivity contribution in [1.29, 1.82) is 0 Å². The third-order valence-corrected chi connectivity index (χ3v) is 3.08. The molecule has 0 spiro atoms. The molecule has 1 atom stereocenters. The molecule has 1 N–H and O–H groups in total. The van der Waals surface area contributed by atoms with Crippen molar-refractivity contribution in [2.45, 2.75) is 44.6 Å². The summed E-state index contributed by atoms with van der Waals surface area (Å²) in [6.07, 6.45) is 7.84. The van der Waals surface area contributed by atoms with Crippen LogP contribution < -0.4 is 4.74 Å². The van der Waals surface area contributed by atoms with E-state index < -0.39 is 0 Å². The zero-order valence-electron chi connectivity index (χ0n) is 11.3. The second-order valence-corrected chi connectivity index (χ2v) is 4.63. The van der Waals surface area contributed by atoms with Crippen molar-refractivity contribution in [3.05, 3.63) is 42.5 Å². The standard InChI is InChI=1S/C16H24O2/c1-3-4-5-6-7-8-15(17)13-14-9-11-16(18-2)12-10-14/h3,9-12,15,17H,1,4-8,13H2,2H3. The van der Waals surface area contributed by atoms with Gasteiger partial charge in [0.15, 0.2) is 0 Å². The second kappa shape index (κ2) is 8.76. The van der Waals surface area contributed by atoms with Crippen LogP contribution in [0.2, 0.25) is 0 Å². The fourth-order valence-corrected chi connectivity index (χ4v) is 1.98. The van der Waals surface area contributed by atoms with E-state index >= 15 is 0 Å². The van der Waals surface area contributed by atoms with Crippen molar-refractivity contribution in [1.82, 2.24) is 0 Å². The molecule has 0 fully saturated rings. The average molecular weight is 248 g/mol. The van der Waals surface area contributed by atoms with Gasteiger partial charge in [0, 0.05) is 0 Å². The zero-order chi connectivity index (χ0) is 13.2. The quantitative estimate of drug-likeness (QED) is 0.533. The molecule has 0 aliphatic heterocycles. The molecule has 1 unspecified atom stereocenters. The van der Waals surface area contributed by atoms with Crippen molar-refractivity contribution in [2.24, 2.45) is 0 Å². The molecule has 0 aromatic heterocycles. The van der Waals surface area contributed by atoms with Crippen LogP contribution in [0.3, 0.4) is 0 Å². The van der Waals surface area contributed by atoms with Crippen LogP contribution in [0.25, 0.3) is 0 Å². The van der Waals surface area contributed by atoms with Gasteiger partial charge >= 0.3 is 0 Å². The minimum Gasteiger partial charge on any atom is -0.497 e. The number of rotatable bonds is 9. The van der Waals surface area contributed by atoms with E-state index in [1.54, 1.807) is 7.11 Å². The van der Waals surface area contributed by atoms with E-state index in [1.807, 2.05) is 30.3 Å². The monoisotopic (exact) mass is 248 g/mol. The summed E-state index contributed by atoms with van der Waals surface area (Å²) in [6, 6.07) is 7.90. The minimum atomic E-state index is -0.234. The number of hydrogen-bond acceptors (Lipinski definition) is 2. The predicted molar refractivity (Wildman–Crippen MR) is 76.0 cm³/mol. The molecule has 1 rings (SSSR count). The second-order valence-electron chi connectivity index (χ2n) is 4.63. The van der Waals surface area contributed by atoms with E-state index in [0.29, 0.717) is 0 Å². The van der Waals surface area contributed by atoms with Gasteiger partial charge in [-0.15, -0.1) is 6.58 Å². The summed E-state index contributed by atoms with van der Waals surface area (Å²) in [6.45, 7) is 3.70. The highest BCUT2D eigenvalue weighted by Crippen LogP contribution is 2.15. The summed E-state index contributed by atoms with van der Waals surface area (Å²) >= 11 is 0. The predicted octanol–water partition coefficient (Wildman–Crippen LogP) is 3.74. The highest BCUT2D eigenvalue weighted by atomic mass is 16.5. The Labute approximate surface area is 110 Å². The summed E-state index contributed by atoms with van der Waals surface area (Å²) in [7, 11) is 1.66. The normalized spacial score (nSPS) is 12.1. The van der Waals surface area contributed by atoms with Crippen LogP contribution in [0.5, 0.6) is 5.75 Å². The van der Waals surface area contributed by atoms with Gasteiger partial charge in [0.05, 0.1) is 13.2 Å². The molecule has 0 radical (unpaired) electrons. The highest BCUT2D eigenvalue weighted by Gasteiger charge is 2.05. The number of benzene rings is 1. The summed E-state index contributed by atoms with van der Waals surface area (Å²) in [5, 5.41) is 9.93. The Balaban J connectivity index is 2.22. The smallest absolute Gasteiger partial charge is 0.118 e. The third kappa shape index (κ3) is 5.87. The lowest BCUT2D eigenvalue weighted by molar-refractivity contribution is 0.161. The Hall–Kier alpha value is -1.28. The topological polar surface area (TPSA) is 29.5 Å². The van der Waals surface area contributed by atoms with Gasteiger partial charge < -0.3 is 9.84 Å². The van der Waals surface area contributed by atoms with Crippen molar-refractivity contribution in [3.8, 4) is 5.75 Å². The Morgan fingerprint density at radius 1 is 1.22 bits per heavy atom. The molecule has 0 aliphatic carbocycles. The first kappa shape index (κ1) is 14.8. The number of aliphatic hydroxyl groups is 1. The molecular weight excluding hydrogens is 224 g/mol. The van der Waals surface area contributed by atoms with Gasteiger partial charge in [-0.1, -0.05) is 31.1 Å². The minimum absolute atomic E-state index is 0.234. The molecule has 0 bridgehead atoms. The van der Waals surface area contributed by atoms with Crippen LogP contribution >= 0.6 is 0 Å². The molecule has 0 aliphatic rings. The maximum atomic E-state index is 9.93. The fraction of sp³-hybridized carbons (Fsp3) is 0.500. The molecule has 0 saturated heterocycles. The lowest BCUT2D eigenvalue weighted by Gasteiger charge is -2.10. The van der Waals surface area contributed by atoms with Gasteiger partial charge in [-0.25, -0.2) is 0 Å². The van der Waals surface area contributed by atoms with E-state index in [1.165, 1.54) is 12.8 Å². The first-order valence-electron chi connectivity index (χ1n) is 6.68. The van der Waals surface area contributed by atoms with Crippen LogP contribution in [0, 0.1) is 0 Å².